The number of nitrogens with zero attached hydrogens (tertiary/aromatic N) is 1. The molecule has 2 atom stereocenters. The minimum atomic E-state index is 0.290. The molecule has 0 aliphatic heterocycles. The van der Waals surface area contributed by atoms with Crippen LogP contribution in [0.4, 0.5) is 0 Å². The predicted molar refractivity (Wildman–Crippen MR) is 84.5 cm³/mol. The lowest BCUT2D eigenvalue weighted by atomic mass is 9.87. The van der Waals surface area contributed by atoms with Crippen molar-refractivity contribution in [2.75, 3.05) is 13.6 Å². The van der Waals surface area contributed by atoms with E-state index in [9.17, 15) is 0 Å². The zero-order chi connectivity index (χ0) is 14.6. The van der Waals surface area contributed by atoms with E-state index in [1.54, 1.807) is 0 Å². The zero-order valence-corrected chi connectivity index (χ0v) is 13.5. The van der Waals surface area contributed by atoms with Crippen LogP contribution < -0.4 is 5.73 Å². The molecule has 0 aliphatic carbocycles. The molecule has 0 aromatic heterocycles. The Morgan fingerprint density at radius 1 is 1.21 bits per heavy atom. The number of nitrogens with two attached hydrogens (primary N) is 1. The van der Waals surface area contributed by atoms with Crippen LogP contribution in [-0.4, -0.2) is 24.5 Å². The van der Waals surface area contributed by atoms with E-state index in [1.807, 2.05) is 12.1 Å². The van der Waals surface area contributed by atoms with Crippen molar-refractivity contribution in [2.45, 2.75) is 46.2 Å². The Morgan fingerprint density at radius 3 is 2.16 bits per heavy atom. The Hall–Kier alpha value is -0.570. The molecule has 0 bridgehead atoms. The highest BCUT2D eigenvalue weighted by atomic mass is 35.5. The van der Waals surface area contributed by atoms with Crippen molar-refractivity contribution in [1.82, 2.24) is 4.90 Å². The predicted octanol–water partition coefficient (Wildman–Crippen LogP) is 4.10. The lowest BCUT2D eigenvalue weighted by molar-refractivity contribution is 0.144. The molecular weight excluding hydrogens is 256 g/mol. The fourth-order valence-electron chi connectivity index (χ4n) is 2.39. The molecular formula is C16H27ClN2. The van der Waals surface area contributed by atoms with Crippen molar-refractivity contribution in [3.8, 4) is 0 Å². The minimum absolute atomic E-state index is 0.290. The summed E-state index contributed by atoms with van der Waals surface area (Å²) in [5.41, 5.74) is 7.52. The Balaban J connectivity index is 2.79. The molecule has 1 aromatic rings. The first-order chi connectivity index (χ1) is 8.74. The summed E-state index contributed by atoms with van der Waals surface area (Å²) in [5.74, 6) is 0. The molecule has 0 radical (unpaired) electrons. The van der Waals surface area contributed by atoms with E-state index in [-0.39, 0.29) is 5.41 Å². The molecule has 0 saturated heterocycles. The van der Waals surface area contributed by atoms with Crippen LogP contribution in [0.5, 0.6) is 0 Å². The Morgan fingerprint density at radius 2 is 1.74 bits per heavy atom. The molecule has 2 nitrogen and oxygen atoms in total. The van der Waals surface area contributed by atoms with E-state index >= 15 is 0 Å². The first kappa shape index (κ1) is 16.5. The normalized spacial score (nSPS) is 15.6. The molecule has 19 heavy (non-hydrogen) atoms. The summed E-state index contributed by atoms with van der Waals surface area (Å²) in [6, 6.07) is 8.81. The van der Waals surface area contributed by atoms with Crippen LogP contribution in [-0.2, 0) is 0 Å². The first-order valence-electron chi connectivity index (χ1n) is 6.92. The maximum atomic E-state index is 5.96. The second-order valence-corrected chi connectivity index (χ2v) is 6.98. The SMILES string of the molecule is CC(c1ccc(Cl)cc1)N(C)C(CN)CC(C)(C)C. The molecule has 0 saturated carbocycles. The maximum Gasteiger partial charge on any atom is 0.0406 e. The van der Waals surface area contributed by atoms with Gasteiger partial charge in [0, 0.05) is 23.7 Å². The van der Waals surface area contributed by atoms with Gasteiger partial charge in [0.2, 0.25) is 0 Å². The molecule has 3 heteroatoms. The zero-order valence-electron chi connectivity index (χ0n) is 12.8. The molecule has 0 heterocycles. The van der Waals surface area contributed by atoms with Gasteiger partial charge in [0.25, 0.3) is 0 Å². The summed E-state index contributed by atoms with van der Waals surface area (Å²) in [4.78, 5) is 2.37. The van der Waals surface area contributed by atoms with Gasteiger partial charge in [-0.3, -0.25) is 4.90 Å². The number of likely N-dealkylation sites (N-methyl/N-ethyl adjacent to an activating group) is 1. The van der Waals surface area contributed by atoms with Crippen molar-refractivity contribution in [2.24, 2.45) is 11.1 Å². The van der Waals surface area contributed by atoms with Crippen LogP contribution >= 0.6 is 11.6 Å². The molecule has 108 valence electrons. The monoisotopic (exact) mass is 282 g/mol. The highest BCUT2D eigenvalue weighted by molar-refractivity contribution is 6.30. The van der Waals surface area contributed by atoms with Gasteiger partial charge in [0.15, 0.2) is 0 Å². The molecule has 0 spiro atoms. The summed E-state index contributed by atoms with van der Waals surface area (Å²) in [7, 11) is 2.16. The quantitative estimate of drug-likeness (QED) is 0.881. The highest BCUT2D eigenvalue weighted by Crippen LogP contribution is 2.28. The van der Waals surface area contributed by atoms with Crippen LogP contribution in [0.1, 0.15) is 45.7 Å². The number of halogens is 1. The van der Waals surface area contributed by atoms with Crippen LogP contribution in [0.25, 0.3) is 0 Å². The molecule has 2 unspecified atom stereocenters. The third kappa shape index (κ3) is 5.13. The maximum absolute atomic E-state index is 5.96. The number of hydrogen-bond donors (Lipinski definition) is 1. The number of rotatable bonds is 5. The lowest BCUT2D eigenvalue weighted by Gasteiger charge is -2.36. The van der Waals surface area contributed by atoms with Crippen LogP contribution in [0.2, 0.25) is 5.02 Å². The smallest absolute Gasteiger partial charge is 0.0406 e. The second-order valence-electron chi connectivity index (χ2n) is 6.55. The minimum Gasteiger partial charge on any atom is -0.329 e. The molecule has 2 N–H and O–H groups in total. The summed E-state index contributed by atoms with van der Waals surface area (Å²) in [6.07, 6.45) is 1.10. The summed E-state index contributed by atoms with van der Waals surface area (Å²) >= 11 is 5.94. The average Bonchev–Trinajstić information content (AvgIpc) is 2.34. The summed E-state index contributed by atoms with van der Waals surface area (Å²) in [6.45, 7) is 9.68. The van der Waals surface area contributed by atoms with E-state index in [0.29, 0.717) is 18.6 Å². The fourth-order valence-corrected chi connectivity index (χ4v) is 2.52. The Bertz CT molecular complexity index is 381. The van der Waals surface area contributed by atoms with Gasteiger partial charge < -0.3 is 5.73 Å². The van der Waals surface area contributed by atoms with Crippen molar-refractivity contribution < 1.29 is 0 Å². The largest absolute Gasteiger partial charge is 0.329 e. The van der Waals surface area contributed by atoms with Crippen molar-refractivity contribution in [1.29, 1.82) is 0 Å². The Labute approximate surface area is 122 Å². The highest BCUT2D eigenvalue weighted by Gasteiger charge is 2.24. The average molecular weight is 283 g/mol. The van der Waals surface area contributed by atoms with E-state index in [2.05, 4.69) is 51.8 Å². The van der Waals surface area contributed by atoms with Gasteiger partial charge in [-0.1, -0.05) is 44.5 Å². The van der Waals surface area contributed by atoms with Crippen molar-refractivity contribution in [3.63, 3.8) is 0 Å². The van der Waals surface area contributed by atoms with E-state index in [4.69, 9.17) is 17.3 Å². The fraction of sp³-hybridized carbons (Fsp3) is 0.625. The van der Waals surface area contributed by atoms with Gasteiger partial charge in [0.05, 0.1) is 0 Å². The third-order valence-electron chi connectivity index (χ3n) is 3.66. The van der Waals surface area contributed by atoms with Gasteiger partial charge >= 0.3 is 0 Å². The molecule has 1 aromatic carbocycles. The molecule has 0 fully saturated rings. The third-order valence-corrected chi connectivity index (χ3v) is 3.91. The Kier molecular flexibility index (Phi) is 5.84. The summed E-state index contributed by atoms with van der Waals surface area (Å²) < 4.78 is 0. The van der Waals surface area contributed by atoms with E-state index in [0.717, 1.165) is 11.4 Å². The van der Waals surface area contributed by atoms with Crippen LogP contribution in [0.15, 0.2) is 24.3 Å². The first-order valence-corrected chi connectivity index (χ1v) is 7.30. The lowest BCUT2D eigenvalue weighted by Crippen LogP contribution is -2.41. The van der Waals surface area contributed by atoms with Crippen molar-refractivity contribution in [3.05, 3.63) is 34.9 Å². The van der Waals surface area contributed by atoms with Gasteiger partial charge in [-0.2, -0.15) is 0 Å². The standard InChI is InChI=1S/C16H27ClN2/c1-12(13-6-8-14(17)9-7-13)19(5)15(11-18)10-16(2,3)4/h6-9,12,15H,10-11,18H2,1-5H3. The van der Waals surface area contributed by atoms with Crippen LogP contribution in [0, 0.1) is 5.41 Å². The van der Waals surface area contributed by atoms with Crippen LogP contribution in [0.3, 0.4) is 0 Å². The number of benzene rings is 1. The van der Waals surface area contributed by atoms with Crippen molar-refractivity contribution >= 4 is 11.6 Å². The second kappa shape index (κ2) is 6.74. The van der Waals surface area contributed by atoms with Gasteiger partial charge in [-0.25, -0.2) is 0 Å². The number of hydrogen-bond acceptors (Lipinski definition) is 2. The van der Waals surface area contributed by atoms with Gasteiger partial charge in [0.1, 0.15) is 0 Å². The van der Waals surface area contributed by atoms with Gasteiger partial charge in [-0.15, -0.1) is 0 Å². The summed E-state index contributed by atoms with van der Waals surface area (Å²) in [5, 5.41) is 0.781. The topological polar surface area (TPSA) is 29.3 Å². The van der Waals surface area contributed by atoms with E-state index < -0.39 is 0 Å². The molecule has 0 amide bonds. The molecule has 1 rings (SSSR count). The van der Waals surface area contributed by atoms with E-state index in [1.165, 1.54) is 5.56 Å². The van der Waals surface area contributed by atoms with Gasteiger partial charge in [-0.05, 0) is 43.5 Å². The molecule has 0 aliphatic rings.